The Balaban J connectivity index is 1.95. The summed E-state index contributed by atoms with van der Waals surface area (Å²) in [4.78, 5) is 14.8. The van der Waals surface area contributed by atoms with E-state index in [0.717, 1.165) is 32.6 Å². The first-order chi connectivity index (χ1) is 9.13. The predicted molar refractivity (Wildman–Crippen MR) is 76.7 cm³/mol. The van der Waals surface area contributed by atoms with Gasteiger partial charge in [-0.3, -0.25) is 15.1 Å². The number of hydrogen-bond acceptors (Lipinski definition) is 4. The molecular weight excluding hydrogens is 240 g/mol. The summed E-state index contributed by atoms with van der Waals surface area (Å²) in [5.74, 6) is 0.183. The lowest BCUT2D eigenvalue weighted by molar-refractivity contribution is -0.135. The number of hydrogen-bond donors (Lipinski definition) is 2. The van der Waals surface area contributed by atoms with E-state index in [1.165, 1.54) is 12.8 Å². The van der Waals surface area contributed by atoms with E-state index in [9.17, 15) is 4.79 Å². The number of piperazine rings is 1. The van der Waals surface area contributed by atoms with Crippen LogP contribution in [0.1, 0.15) is 40.0 Å². The van der Waals surface area contributed by atoms with Crippen LogP contribution in [0, 0.1) is 0 Å². The smallest absolute Gasteiger partial charge is 0.251 e. The van der Waals surface area contributed by atoms with Gasteiger partial charge in [0.1, 0.15) is 0 Å². The Morgan fingerprint density at radius 3 is 2.58 bits per heavy atom. The van der Waals surface area contributed by atoms with Crippen LogP contribution in [0.4, 0.5) is 0 Å². The summed E-state index contributed by atoms with van der Waals surface area (Å²) >= 11 is 0. The third-order valence-electron chi connectivity index (χ3n) is 4.39. The number of likely N-dealkylation sites (tertiary alicyclic amines) is 1. The van der Waals surface area contributed by atoms with Crippen molar-refractivity contribution in [2.75, 3.05) is 26.2 Å². The van der Waals surface area contributed by atoms with Gasteiger partial charge in [0.2, 0.25) is 0 Å². The quantitative estimate of drug-likeness (QED) is 0.786. The topological polar surface area (TPSA) is 47.6 Å². The van der Waals surface area contributed by atoms with E-state index in [4.69, 9.17) is 0 Å². The summed E-state index contributed by atoms with van der Waals surface area (Å²) in [6.07, 6.45) is 3.38. The van der Waals surface area contributed by atoms with E-state index >= 15 is 0 Å². The van der Waals surface area contributed by atoms with Crippen LogP contribution < -0.4 is 10.7 Å². The molecule has 0 aromatic heterocycles. The standard InChI is InChI=1S/C14H28N4O/c1-4-17-8-6-5-7-13(17)14(19)16-18-11(2)9-15-10-12(18)3/h11-13,15H,4-10H2,1-3H3,(H,16,19)/t11-,12+,13?. The van der Waals surface area contributed by atoms with Crippen LogP contribution in [0.15, 0.2) is 0 Å². The first kappa shape index (κ1) is 14.8. The number of likely N-dealkylation sites (N-methyl/N-ethyl adjacent to an activating group) is 1. The second-order valence-corrected chi connectivity index (χ2v) is 5.88. The van der Waals surface area contributed by atoms with E-state index in [2.05, 4.69) is 41.4 Å². The fourth-order valence-corrected chi connectivity index (χ4v) is 3.22. The monoisotopic (exact) mass is 268 g/mol. The minimum atomic E-state index is 0.0630. The molecule has 2 rings (SSSR count). The molecule has 5 heteroatoms. The molecule has 1 amide bonds. The van der Waals surface area contributed by atoms with Crippen molar-refractivity contribution in [3.8, 4) is 0 Å². The van der Waals surface area contributed by atoms with Crippen molar-refractivity contribution in [1.82, 2.24) is 20.7 Å². The summed E-state index contributed by atoms with van der Waals surface area (Å²) in [6, 6.07) is 0.769. The molecular formula is C14H28N4O. The molecule has 2 aliphatic rings. The lowest BCUT2D eigenvalue weighted by atomic mass is 10.0. The zero-order valence-corrected chi connectivity index (χ0v) is 12.5. The number of rotatable bonds is 3. The van der Waals surface area contributed by atoms with Crippen molar-refractivity contribution in [3.05, 3.63) is 0 Å². The number of nitrogens with one attached hydrogen (secondary N) is 2. The highest BCUT2D eigenvalue weighted by molar-refractivity contribution is 5.81. The minimum absolute atomic E-state index is 0.0630. The van der Waals surface area contributed by atoms with Crippen molar-refractivity contribution in [2.24, 2.45) is 0 Å². The van der Waals surface area contributed by atoms with Crippen LogP contribution in [-0.4, -0.2) is 60.1 Å². The average molecular weight is 268 g/mol. The molecule has 1 unspecified atom stereocenters. The number of carbonyl (C=O) groups excluding carboxylic acids is 1. The van der Waals surface area contributed by atoms with Crippen molar-refractivity contribution in [3.63, 3.8) is 0 Å². The van der Waals surface area contributed by atoms with Gasteiger partial charge in [0.15, 0.2) is 0 Å². The van der Waals surface area contributed by atoms with Crippen LogP contribution in [0.5, 0.6) is 0 Å². The summed E-state index contributed by atoms with van der Waals surface area (Å²) in [5.41, 5.74) is 3.17. The Kier molecular flexibility index (Phi) is 5.19. The highest BCUT2D eigenvalue weighted by atomic mass is 16.2. The zero-order chi connectivity index (χ0) is 13.8. The maximum atomic E-state index is 12.5. The molecule has 0 radical (unpaired) electrons. The van der Waals surface area contributed by atoms with E-state index in [1.807, 2.05) is 0 Å². The van der Waals surface area contributed by atoms with Gasteiger partial charge in [-0.15, -0.1) is 0 Å². The van der Waals surface area contributed by atoms with Gasteiger partial charge in [-0.2, -0.15) is 0 Å². The Labute approximate surface area is 116 Å². The Bertz CT molecular complexity index is 300. The van der Waals surface area contributed by atoms with Gasteiger partial charge in [0.05, 0.1) is 6.04 Å². The minimum Gasteiger partial charge on any atom is -0.313 e. The molecule has 0 aliphatic carbocycles. The molecule has 2 saturated heterocycles. The van der Waals surface area contributed by atoms with Gasteiger partial charge < -0.3 is 5.32 Å². The largest absolute Gasteiger partial charge is 0.313 e. The van der Waals surface area contributed by atoms with Gasteiger partial charge in [0, 0.05) is 25.2 Å². The lowest BCUT2D eigenvalue weighted by Gasteiger charge is -2.41. The molecule has 0 aromatic carbocycles. The molecule has 2 heterocycles. The van der Waals surface area contributed by atoms with Gasteiger partial charge in [-0.05, 0) is 39.8 Å². The summed E-state index contributed by atoms with van der Waals surface area (Å²) in [5, 5.41) is 5.51. The summed E-state index contributed by atoms with van der Waals surface area (Å²) in [6.45, 7) is 10.3. The Morgan fingerprint density at radius 2 is 1.95 bits per heavy atom. The maximum absolute atomic E-state index is 12.5. The molecule has 2 fully saturated rings. The Hall–Kier alpha value is -0.650. The molecule has 0 bridgehead atoms. The summed E-state index contributed by atoms with van der Waals surface area (Å²) in [7, 11) is 0. The van der Waals surface area contributed by atoms with Crippen LogP contribution in [0.3, 0.4) is 0 Å². The van der Waals surface area contributed by atoms with Gasteiger partial charge >= 0.3 is 0 Å². The second kappa shape index (κ2) is 6.68. The number of piperidine rings is 1. The van der Waals surface area contributed by atoms with Crippen molar-refractivity contribution >= 4 is 5.91 Å². The Morgan fingerprint density at radius 1 is 1.26 bits per heavy atom. The van der Waals surface area contributed by atoms with E-state index < -0.39 is 0 Å². The van der Waals surface area contributed by atoms with Crippen LogP contribution in [0.2, 0.25) is 0 Å². The van der Waals surface area contributed by atoms with Gasteiger partial charge in [0.25, 0.3) is 5.91 Å². The molecule has 0 saturated carbocycles. The van der Waals surface area contributed by atoms with Crippen LogP contribution in [-0.2, 0) is 4.79 Å². The fourth-order valence-electron chi connectivity index (χ4n) is 3.22. The van der Waals surface area contributed by atoms with Crippen molar-refractivity contribution in [2.45, 2.75) is 58.2 Å². The molecule has 3 atom stereocenters. The number of carbonyl (C=O) groups is 1. The molecule has 0 spiro atoms. The first-order valence-electron chi connectivity index (χ1n) is 7.67. The average Bonchev–Trinajstić information content (AvgIpc) is 2.42. The SMILES string of the molecule is CCN1CCCCC1C(=O)NN1[C@H](C)CNC[C@@H]1C. The molecule has 19 heavy (non-hydrogen) atoms. The highest BCUT2D eigenvalue weighted by Gasteiger charge is 2.32. The number of amides is 1. The third kappa shape index (κ3) is 3.46. The molecule has 110 valence electrons. The third-order valence-corrected chi connectivity index (χ3v) is 4.39. The zero-order valence-electron chi connectivity index (χ0n) is 12.5. The maximum Gasteiger partial charge on any atom is 0.251 e. The highest BCUT2D eigenvalue weighted by Crippen LogP contribution is 2.17. The van der Waals surface area contributed by atoms with Crippen LogP contribution >= 0.6 is 0 Å². The molecule has 2 N–H and O–H groups in total. The van der Waals surface area contributed by atoms with Crippen LogP contribution in [0.25, 0.3) is 0 Å². The normalized spacial score (nSPS) is 34.2. The molecule has 0 aromatic rings. The van der Waals surface area contributed by atoms with Gasteiger partial charge in [-0.1, -0.05) is 13.3 Å². The van der Waals surface area contributed by atoms with E-state index in [1.54, 1.807) is 0 Å². The fraction of sp³-hybridized carbons (Fsp3) is 0.929. The molecule has 2 aliphatic heterocycles. The molecule has 5 nitrogen and oxygen atoms in total. The van der Waals surface area contributed by atoms with E-state index in [-0.39, 0.29) is 11.9 Å². The first-order valence-corrected chi connectivity index (χ1v) is 7.67. The van der Waals surface area contributed by atoms with E-state index in [0.29, 0.717) is 12.1 Å². The van der Waals surface area contributed by atoms with Crippen molar-refractivity contribution in [1.29, 1.82) is 0 Å². The lowest BCUT2D eigenvalue weighted by Crippen LogP contribution is -2.64. The summed E-state index contributed by atoms with van der Waals surface area (Å²) < 4.78 is 0. The van der Waals surface area contributed by atoms with Gasteiger partial charge in [-0.25, -0.2) is 5.01 Å². The number of hydrazine groups is 1. The van der Waals surface area contributed by atoms with Crippen molar-refractivity contribution < 1.29 is 4.79 Å². The second-order valence-electron chi connectivity index (χ2n) is 5.88. The number of nitrogens with zero attached hydrogens (tertiary/aromatic N) is 2. The predicted octanol–water partition coefficient (Wildman–Crippen LogP) is 0.574.